The molecule has 11 heteroatoms. The molecule has 0 saturated heterocycles. The first kappa shape index (κ1) is 20.6. The van der Waals surface area contributed by atoms with Crippen molar-refractivity contribution in [2.45, 2.75) is 12.7 Å². The number of carbonyl (C=O) groups excluding carboxylic acids is 2. The summed E-state index contributed by atoms with van der Waals surface area (Å²) in [6.45, 7) is 3.71. The maximum Gasteiger partial charge on any atom is 0.524 e. The molecule has 0 spiro atoms. The largest absolute Gasteiger partial charge is 0.524 e. The van der Waals surface area contributed by atoms with Crippen LogP contribution < -0.4 is 0 Å². The number of halogens is 2. The molecule has 19 heavy (non-hydrogen) atoms. The molecule has 0 aliphatic heterocycles. The third-order valence-corrected chi connectivity index (χ3v) is 2.09. The van der Waals surface area contributed by atoms with Crippen LogP contribution in [0.2, 0.25) is 0 Å². The third kappa shape index (κ3) is 8.92. The van der Waals surface area contributed by atoms with Gasteiger partial charge in [-0.3, -0.25) is 0 Å². The molecule has 0 bridgehead atoms. The van der Waals surface area contributed by atoms with Gasteiger partial charge in [0.05, 0.1) is 0 Å². The number of hydrogen-bond acceptors (Lipinski definition) is 7. The second kappa shape index (κ2) is 9.23. The molecule has 0 N–H and O–H groups in total. The Morgan fingerprint density at radius 3 is 2.11 bits per heavy atom. The summed E-state index contributed by atoms with van der Waals surface area (Å²) in [6, 6.07) is 0. The van der Waals surface area contributed by atoms with Crippen LogP contribution in [-0.4, -0.2) is 69.1 Å². The standard InChI is InChI=1S/C8H10F2O7S.Na/c1-5(2)6(11)15-3-4-16-8(12)17-18(13,14)7(9)10;/h7H,1,3-4H2,2H3;. The molecule has 105 valence electrons. The number of alkyl halides is 2. The smallest absolute Gasteiger partial charge is 0.459 e. The predicted molar refractivity (Wildman–Crippen MR) is 58.9 cm³/mol. The van der Waals surface area contributed by atoms with Gasteiger partial charge >= 0.3 is 28.0 Å². The van der Waals surface area contributed by atoms with Crippen molar-refractivity contribution in [3.63, 3.8) is 0 Å². The van der Waals surface area contributed by atoms with Crippen molar-refractivity contribution < 1.29 is 40.4 Å². The molecule has 7 nitrogen and oxygen atoms in total. The third-order valence-electron chi connectivity index (χ3n) is 1.29. The molecule has 0 saturated carbocycles. The summed E-state index contributed by atoms with van der Waals surface area (Å²) >= 11 is 0. The molecule has 0 aromatic carbocycles. The average molecular weight is 311 g/mol. The topological polar surface area (TPSA) is 96.0 Å². The van der Waals surface area contributed by atoms with E-state index in [0.29, 0.717) is 0 Å². The number of esters is 1. The Balaban J connectivity index is 0. The fraction of sp³-hybridized carbons (Fsp3) is 0.500. The molecule has 0 unspecified atom stereocenters. The van der Waals surface area contributed by atoms with E-state index in [1.54, 1.807) is 0 Å². The Hall–Kier alpha value is -0.710. The van der Waals surface area contributed by atoms with Gasteiger partial charge in [-0.1, -0.05) is 6.58 Å². The maximum atomic E-state index is 11.8. The van der Waals surface area contributed by atoms with Crippen LogP contribution >= 0.6 is 0 Å². The number of carbonyl (C=O) groups is 2. The number of hydrogen-bond donors (Lipinski definition) is 0. The summed E-state index contributed by atoms with van der Waals surface area (Å²) in [4.78, 5) is 21.4. The molecule has 0 heterocycles. The minimum atomic E-state index is -5.29. The van der Waals surface area contributed by atoms with E-state index in [1.807, 2.05) is 0 Å². The Bertz CT molecular complexity index is 434. The summed E-state index contributed by atoms with van der Waals surface area (Å²) in [5.74, 6) is -4.60. The zero-order valence-corrected chi connectivity index (χ0v) is 13.0. The zero-order chi connectivity index (χ0) is 14.3. The van der Waals surface area contributed by atoms with Crippen LogP contribution in [0.1, 0.15) is 6.92 Å². The summed E-state index contributed by atoms with van der Waals surface area (Å²) in [5.41, 5.74) is 0.109. The molecular weight excluding hydrogens is 301 g/mol. The summed E-state index contributed by atoms with van der Waals surface area (Å²) in [7, 11) is -5.29. The molecule has 1 radical (unpaired) electrons. The quantitative estimate of drug-likeness (QED) is 0.231. The molecule has 0 aromatic rings. The summed E-state index contributed by atoms with van der Waals surface area (Å²) < 4.78 is 56.2. The van der Waals surface area contributed by atoms with E-state index in [9.17, 15) is 26.8 Å². The van der Waals surface area contributed by atoms with E-state index in [1.165, 1.54) is 6.92 Å². The Kier molecular flexibility index (Phi) is 10.0. The van der Waals surface area contributed by atoms with Gasteiger partial charge in [0.2, 0.25) is 0 Å². The minimum absolute atomic E-state index is 0. The predicted octanol–water partition coefficient (Wildman–Crippen LogP) is 0.431. The van der Waals surface area contributed by atoms with Gasteiger partial charge in [0, 0.05) is 35.1 Å². The first-order valence-electron chi connectivity index (χ1n) is 4.37. The van der Waals surface area contributed by atoms with Crippen LogP contribution in [0, 0.1) is 0 Å². The van der Waals surface area contributed by atoms with Crippen LogP contribution in [0.4, 0.5) is 13.6 Å². The van der Waals surface area contributed by atoms with Gasteiger partial charge in [0.25, 0.3) is 0 Å². The molecule has 0 rings (SSSR count). The van der Waals surface area contributed by atoms with Gasteiger partial charge in [0.1, 0.15) is 13.2 Å². The number of ether oxygens (including phenoxy) is 2. The molecule has 0 aliphatic rings. The minimum Gasteiger partial charge on any atom is -0.459 e. The van der Waals surface area contributed by atoms with E-state index in [4.69, 9.17) is 0 Å². The fourth-order valence-corrected chi connectivity index (χ4v) is 0.848. The van der Waals surface area contributed by atoms with E-state index >= 15 is 0 Å². The van der Waals surface area contributed by atoms with Crippen molar-refractivity contribution in [1.82, 2.24) is 0 Å². The maximum absolute atomic E-state index is 11.8. The van der Waals surface area contributed by atoms with Crippen molar-refractivity contribution in [2.24, 2.45) is 0 Å². The van der Waals surface area contributed by atoms with Crippen molar-refractivity contribution in [3.05, 3.63) is 12.2 Å². The second-order valence-corrected chi connectivity index (χ2v) is 4.36. The van der Waals surface area contributed by atoms with E-state index < -0.39 is 41.2 Å². The molecule has 0 aliphatic carbocycles. The molecule has 0 atom stereocenters. The van der Waals surface area contributed by atoms with Gasteiger partial charge in [-0.15, -0.1) is 0 Å². The average Bonchev–Trinajstić information content (AvgIpc) is 2.22. The SMILES string of the molecule is C=C(C)C(=O)OCCOC(=O)OS(=O)(=O)C(F)F.[Na]. The Morgan fingerprint density at radius 1 is 1.21 bits per heavy atom. The van der Waals surface area contributed by atoms with Crippen molar-refractivity contribution in [3.8, 4) is 0 Å². The molecular formula is C8H10F2NaO7S. The zero-order valence-electron chi connectivity index (χ0n) is 10.2. The van der Waals surface area contributed by atoms with Crippen molar-refractivity contribution in [2.75, 3.05) is 13.2 Å². The van der Waals surface area contributed by atoms with Gasteiger partial charge in [-0.05, 0) is 6.92 Å². The van der Waals surface area contributed by atoms with Crippen LogP contribution in [0.25, 0.3) is 0 Å². The first-order chi connectivity index (χ1) is 8.16. The van der Waals surface area contributed by atoms with Gasteiger partial charge in [-0.25, -0.2) is 9.59 Å². The van der Waals surface area contributed by atoms with Crippen molar-refractivity contribution >= 4 is 51.8 Å². The summed E-state index contributed by atoms with van der Waals surface area (Å²) in [5, 5.41) is 0. The van der Waals surface area contributed by atoms with Crippen LogP contribution in [0.3, 0.4) is 0 Å². The molecule has 0 amide bonds. The molecule has 0 fully saturated rings. The van der Waals surface area contributed by atoms with E-state index in [-0.39, 0.29) is 35.1 Å². The monoisotopic (exact) mass is 311 g/mol. The van der Waals surface area contributed by atoms with E-state index in [0.717, 1.165) is 0 Å². The normalized spacial score (nSPS) is 10.3. The van der Waals surface area contributed by atoms with Gasteiger partial charge < -0.3 is 13.7 Å². The Labute approximate surface area is 130 Å². The Morgan fingerprint density at radius 2 is 1.68 bits per heavy atom. The van der Waals surface area contributed by atoms with Gasteiger partial charge in [0.15, 0.2) is 0 Å². The van der Waals surface area contributed by atoms with Crippen LogP contribution in [0.15, 0.2) is 12.2 Å². The molecule has 0 aromatic heterocycles. The second-order valence-electron chi connectivity index (χ2n) is 2.85. The van der Waals surface area contributed by atoms with E-state index in [2.05, 4.69) is 20.2 Å². The van der Waals surface area contributed by atoms with Gasteiger partial charge in [-0.2, -0.15) is 17.2 Å². The number of rotatable bonds is 6. The fourth-order valence-electron chi connectivity index (χ4n) is 0.538. The van der Waals surface area contributed by atoms with Crippen molar-refractivity contribution in [1.29, 1.82) is 0 Å². The summed E-state index contributed by atoms with van der Waals surface area (Å²) in [6.07, 6.45) is -1.83. The van der Waals surface area contributed by atoms with Crippen LogP contribution in [-0.2, 0) is 28.6 Å². The first-order valence-corrected chi connectivity index (χ1v) is 5.85. The van der Waals surface area contributed by atoms with Crippen LogP contribution in [0.5, 0.6) is 0 Å².